The molecule has 13 nitrogen and oxygen atoms in total. The van der Waals surface area contributed by atoms with E-state index in [1.165, 1.54) is 11.3 Å². The molecule has 0 N–H and O–H groups in total. The van der Waals surface area contributed by atoms with Crippen molar-refractivity contribution < 1.29 is 33.2 Å². The minimum atomic E-state index is -0.266. The zero-order chi connectivity index (χ0) is 43.7. The Hall–Kier alpha value is -6.39. The first-order chi connectivity index (χ1) is 27.9. The third kappa shape index (κ3) is 11.2. The monoisotopic (exact) mass is 836 g/mol. The van der Waals surface area contributed by atoms with Crippen LogP contribution in [0, 0.1) is 46.6 Å². The highest BCUT2D eigenvalue weighted by atomic mass is 32.1. The number of carbonyl (C=O) groups excluding carboxylic acids is 1. The summed E-state index contributed by atoms with van der Waals surface area (Å²) in [5, 5.41) is 20.0. The number of hydrogen-bond acceptors (Lipinski definition) is 13. The van der Waals surface area contributed by atoms with Crippen molar-refractivity contribution in [1.82, 2.24) is 0 Å². The minimum Gasteiger partial charge on any atom is -0.485 e. The van der Waals surface area contributed by atoms with Crippen molar-refractivity contribution in [2.45, 2.75) is 48.5 Å². The number of ether oxygens (including phenoxy) is 6. The topological polar surface area (TPSA) is 135 Å². The molecule has 2 aromatic heterocycles. The van der Waals surface area contributed by atoms with Crippen LogP contribution in [0.2, 0.25) is 0 Å². The van der Waals surface area contributed by atoms with Gasteiger partial charge in [-0.25, -0.2) is 20.2 Å². The molecule has 0 saturated heterocycles. The van der Waals surface area contributed by atoms with E-state index in [0.717, 1.165) is 38.4 Å². The SMILES string of the molecule is CN(C)c1sc(C=O)c2c1OCCO2.[C-]#[N+]/C(C#N)=C1/C=C(C)OC(C(C)(C)C)=C1.[C-]#[N+]/C(C#N)=C1C=C(/C=C/c2sc(N(C)C)c3c2OCCO3)OC(C(C)(C)C)=C/1. The molecule has 59 heavy (non-hydrogen) atoms. The average molecular weight is 837 g/mol. The highest BCUT2D eigenvalue weighted by Crippen LogP contribution is 2.50. The molecule has 0 aliphatic carbocycles. The summed E-state index contributed by atoms with van der Waals surface area (Å²) in [5.74, 6) is 5.55. The lowest BCUT2D eigenvalue weighted by Crippen LogP contribution is -2.17. The van der Waals surface area contributed by atoms with Crippen LogP contribution in [-0.2, 0) is 9.47 Å². The number of aldehydes is 1. The smallest absolute Gasteiger partial charge is 0.269 e. The van der Waals surface area contributed by atoms with Crippen LogP contribution >= 0.6 is 22.7 Å². The Balaban J connectivity index is 0.000000216. The number of fused-ring (bicyclic) bond motifs is 2. The van der Waals surface area contributed by atoms with E-state index in [4.69, 9.17) is 46.8 Å². The van der Waals surface area contributed by atoms with Crippen molar-refractivity contribution >= 4 is 45.0 Å². The van der Waals surface area contributed by atoms with Crippen LogP contribution in [0.25, 0.3) is 15.8 Å². The number of anilines is 2. The molecule has 0 bridgehead atoms. The first-order valence-corrected chi connectivity index (χ1v) is 20.1. The summed E-state index contributed by atoms with van der Waals surface area (Å²) >= 11 is 2.96. The molecule has 0 radical (unpaired) electrons. The zero-order valence-electron chi connectivity index (χ0n) is 35.2. The van der Waals surface area contributed by atoms with Crippen molar-refractivity contribution in [1.29, 1.82) is 10.5 Å². The number of thiophene rings is 2. The van der Waals surface area contributed by atoms with Crippen molar-refractivity contribution in [2.75, 3.05) is 64.4 Å². The second-order valence-electron chi connectivity index (χ2n) is 15.6. The van der Waals surface area contributed by atoms with Gasteiger partial charge in [-0.05, 0) is 54.5 Å². The number of hydrogen-bond donors (Lipinski definition) is 0. The number of nitrogens with zero attached hydrogens (tertiary/aromatic N) is 6. The number of allylic oxidation sites excluding steroid dienone is 12. The predicted molar refractivity (Wildman–Crippen MR) is 231 cm³/mol. The fourth-order valence-electron chi connectivity index (χ4n) is 5.41. The Labute approximate surface area is 354 Å². The van der Waals surface area contributed by atoms with E-state index in [1.807, 2.05) is 111 Å². The van der Waals surface area contributed by atoms with Gasteiger partial charge in [-0.15, -0.1) is 22.7 Å². The van der Waals surface area contributed by atoms with Gasteiger partial charge in [0.1, 0.15) is 58.6 Å². The van der Waals surface area contributed by atoms with Crippen molar-refractivity contribution in [2.24, 2.45) is 10.8 Å². The number of rotatable bonds is 5. The van der Waals surface area contributed by atoms with Gasteiger partial charge in [-0.1, -0.05) is 41.5 Å². The molecule has 2 aromatic rings. The van der Waals surface area contributed by atoms with E-state index in [0.29, 0.717) is 71.2 Å². The molecule has 0 aromatic carbocycles. The molecule has 0 spiro atoms. The quantitative estimate of drug-likeness (QED) is 0.162. The highest BCUT2D eigenvalue weighted by Gasteiger charge is 2.28. The fourth-order valence-corrected chi connectivity index (χ4v) is 7.35. The van der Waals surface area contributed by atoms with Gasteiger partial charge in [-0.2, -0.15) is 0 Å². The lowest BCUT2D eigenvalue weighted by atomic mass is 9.91. The Morgan fingerprint density at radius 1 is 0.678 bits per heavy atom. The average Bonchev–Trinajstić information content (AvgIpc) is 3.77. The van der Waals surface area contributed by atoms with Crippen LogP contribution in [-0.4, -0.2) is 60.9 Å². The Morgan fingerprint density at radius 2 is 1.10 bits per heavy atom. The maximum atomic E-state index is 10.8. The standard InChI is InChI=1S/C22H23N3O3S.C13H14N2O.C9H11NO3S/c1-22(2,3)18-12-14(16(13-23)24-4)11-15(28-18)7-8-17-19-20(27-10-9-26-19)21(29-17)25(5)6;1-9-6-10(11(8-14)15-5)7-12(16-9)13(2,3)4;1-10(2)9-8-7(6(5-11)14-9)12-3-4-13-8/h7-8,11-12H,9-10H2,1-3,5-6H3;6-7H,1-4H3;5H,3-4H2,1-2H3/b8-7+,16-14-;11-10-;. The molecular formula is C44H48N6O7S2. The number of carbonyl (C=O) groups is 1. The third-order valence-corrected chi connectivity index (χ3v) is 10.9. The Bertz CT molecular complexity index is 2310. The summed E-state index contributed by atoms with van der Waals surface area (Å²) in [5.41, 5.74) is 0.929. The fraction of sp³-hybridized carbons (Fsp3) is 0.386. The third-order valence-electron chi connectivity index (χ3n) is 8.32. The van der Waals surface area contributed by atoms with E-state index in [2.05, 4.69) is 9.69 Å². The summed E-state index contributed by atoms with van der Waals surface area (Å²) in [4.78, 5) is 22.8. The van der Waals surface area contributed by atoms with Crippen molar-refractivity contribution in [3.63, 3.8) is 0 Å². The Kier molecular flexibility index (Phi) is 14.9. The van der Waals surface area contributed by atoms with Crippen LogP contribution in [0.15, 0.2) is 76.0 Å². The first kappa shape index (κ1) is 45.3. The minimum absolute atomic E-state index is 0.0427. The Morgan fingerprint density at radius 3 is 1.53 bits per heavy atom. The van der Waals surface area contributed by atoms with Crippen LogP contribution in [0.3, 0.4) is 0 Å². The van der Waals surface area contributed by atoms with Crippen LogP contribution < -0.4 is 28.7 Å². The van der Waals surface area contributed by atoms with Gasteiger partial charge in [0.2, 0.25) is 0 Å². The molecule has 0 atom stereocenters. The van der Waals surface area contributed by atoms with Crippen molar-refractivity contribution in [3.05, 3.63) is 109 Å². The molecule has 0 fully saturated rings. The van der Waals surface area contributed by atoms with E-state index in [9.17, 15) is 10.1 Å². The predicted octanol–water partition coefficient (Wildman–Crippen LogP) is 10.1. The van der Waals surface area contributed by atoms with Gasteiger partial charge >= 0.3 is 0 Å². The van der Waals surface area contributed by atoms with E-state index < -0.39 is 0 Å². The van der Waals surface area contributed by atoms with E-state index in [1.54, 1.807) is 35.6 Å². The second-order valence-corrected chi connectivity index (χ2v) is 17.6. The summed E-state index contributed by atoms with van der Waals surface area (Å²) in [6.45, 7) is 30.3. The molecule has 0 amide bonds. The van der Waals surface area contributed by atoms with Crippen LogP contribution in [0.1, 0.15) is 63.0 Å². The maximum Gasteiger partial charge on any atom is 0.269 e. The van der Waals surface area contributed by atoms with Gasteiger partial charge in [-0.3, -0.25) is 4.79 Å². The van der Waals surface area contributed by atoms with Gasteiger partial charge < -0.3 is 38.2 Å². The molecule has 6 rings (SSSR count). The highest BCUT2D eigenvalue weighted by molar-refractivity contribution is 7.18. The van der Waals surface area contributed by atoms with Crippen LogP contribution in [0.5, 0.6) is 23.0 Å². The van der Waals surface area contributed by atoms with Gasteiger partial charge in [0.15, 0.2) is 29.3 Å². The number of nitriles is 2. The molecule has 308 valence electrons. The zero-order valence-corrected chi connectivity index (χ0v) is 36.9. The van der Waals surface area contributed by atoms with Crippen LogP contribution in [0.4, 0.5) is 10.0 Å². The van der Waals surface area contributed by atoms with E-state index in [-0.39, 0.29) is 22.2 Å². The molecule has 4 aliphatic heterocycles. The van der Waals surface area contributed by atoms with Gasteiger partial charge in [0, 0.05) is 39.0 Å². The molecule has 0 unspecified atom stereocenters. The molecule has 0 saturated carbocycles. The summed E-state index contributed by atoms with van der Waals surface area (Å²) in [6, 6.07) is 3.86. The lowest BCUT2D eigenvalue weighted by molar-refractivity contribution is 0.111. The van der Waals surface area contributed by atoms with Gasteiger partial charge in [0.25, 0.3) is 11.4 Å². The lowest BCUT2D eigenvalue weighted by Gasteiger charge is -2.26. The molecule has 15 heteroatoms. The van der Waals surface area contributed by atoms with Crippen molar-refractivity contribution in [3.8, 4) is 35.1 Å². The first-order valence-electron chi connectivity index (χ1n) is 18.4. The maximum absolute atomic E-state index is 10.8. The second kappa shape index (κ2) is 19.4. The molecule has 4 aliphatic rings. The largest absolute Gasteiger partial charge is 0.485 e. The summed E-state index contributed by atoms with van der Waals surface area (Å²) in [6.07, 6.45) is 11.5. The summed E-state index contributed by atoms with van der Waals surface area (Å²) in [7, 11) is 7.77. The molecule has 6 heterocycles. The summed E-state index contributed by atoms with van der Waals surface area (Å²) < 4.78 is 34.2. The van der Waals surface area contributed by atoms with E-state index >= 15 is 0 Å². The molecular weight excluding hydrogens is 789 g/mol. The normalized spacial score (nSPS) is 17.0. The van der Waals surface area contributed by atoms with Gasteiger partial charge in [0.05, 0.1) is 35.9 Å².